The van der Waals surface area contributed by atoms with Gasteiger partial charge in [0.25, 0.3) is 0 Å². The van der Waals surface area contributed by atoms with Gasteiger partial charge in [-0.3, -0.25) is 0 Å². The smallest absolute Gasteiger partial charge is 0.147 e. The van der Waals surface area contributed by atoms with Crippen LogP contribution in [0.15, 0.2) is 60.7 Å². The van der Waals surface area contributed by atoms with Gasteiger partial charge in [0.1, 0.15) is 4.32 Å². The maximum absolute atomic E-state index is 5.80. The second-order valence-corrected chi connectivity index (χ2v) is 10.5. The van der Waals surface area contributed by atoms with E-state index in [4.69, 9.17) is 12.2 Å². The fraction of sp³-hybridized carbons (Fsp3) is 0.480. The normalized spacial score (nSPS) is 10.8. The monoisotopic (exact) mass is 445 g/mol. The summed E-state index contributed by atoms with van der Waals surface area (Å²) in [7, 11) is 3.69. The molecule has 0 fully saturated rings. The van der Waals surface area contributed by atoms with Crippen LogP contribution in [0.4, 0.5) is 0 Å². The molecule has 0 aliphatic carbocycles. The highest BCUT2D eigenvalue weighted by Crippen LogP contribution is 2.28. The number of thiocarbonyl (C=S) groups is 1. The molecule has 0 aliphatic heterocycles. The van der Waals surface area contributed by atoms with Crippen LogP contribution in [0.25, 0.3) is 0 Å². The van der Waals surface area contributed by atoms with Crippen LogP contribution in [0.3, 0.4) is 0 Å². The van der Waals surface area contributed by atoms with Crippen LogP contribution < -0.4 is 0 Å². The van der Waals surface area contributed by atoms with Gasteiger partial charge < -0.3 is 4.90 Å². The molecule has 0 unspecified atom stereocenters. The third-order valence-corrected chi connectivity index (χ3v) is 8.03. The molecular formula is C25H35NS3. The molecule has 29 heavy (non-hydrogen) atoms. The molecule has 0 aliphatic rings. The number of rotatable bonds is 14. The van der Waals surface area contributed by atoms with Crippen molar-refractivity contribution in [3.63, 3.8) is 0 Å². The zero-order chi connectivity index (χ0) is 20.6. The fourth-order valence-corrected chi connectivity index (χ4v) is 5.76. The van der Waals surface area contributed by atoms with Crippen molar-refractivity contribution in [3.8, 4) is 0 Å². The number of hydrogen-bond donors (Lipinski definition) is 0. The predicted molar refractivity (Wildman–Crippen MR) is 137 cm³/mol. The topological polar surface area (TPSA) is 3.24 Å². The summed E-state index contributed by atoms with van der Waals surface area (Å²) in [6.45, 7) is 4.00. The van der Waals surface area contributed by atoms with Crippen LogP contribution in [0.2, 0.25) is 0 Å². The molecule has 0 saturated carbocycles. The highest BCUT2D eigenvalue weighted by Gasteiger charge is 2.12. The van der Waals surface area contributed by atoms with E-state index in [2.05, 4.69) is 72.5 Å². The van der Waals surface area contributed by atoms with E-state index in [1.54, 1.807) is 10.8 Å². The Morgan fingerprint density at radius 2 is 1.21 bits per heavy atom. The van der Waals surface area contributed by atoms with Gasteiger partial charge in [0.05, 0.1) is 0 Å². The van der Waals surface area contributed by atoms with Crippen LogP contribution >= 0.6 is 33.8 Å². The summed E-state index contributed by atoms with van der Waals surface area (Å²) in [6.07, 6.45) is 11.0. The van der Waals surface area contributed by atoms with Gasteiger partial charge in [0, 0.05) is 18.8 Å². The van der Waals surface area contributed by atoms with Gasteiger partial charge in [-0.15, -0.1) is 0 Å². The summed E-state index contributed by atoms with van der Waals surface area (Å²) >= 11 is 5.80. The van der Waals surface area contributed by atoms with Crippen molar-refractivity contribution in [1.82, 2.24) is 4.90 Å². The second-order valence-electron chi connectivity index (χ2n) is 7.47. The summed E-state index contributed by atoms with van der Waals surface area (Å²) in [6, 6.07) is 21.3. The third-order valence-electron chi connectivity index (χ3n) is 4.90. The molecule has 0 spiro atoms. The van der Waals surface area contributed by atoms with E-state index in [9.17, 15) is 0 Å². The first-order chi connectivity index (χ1) is 14.3. The summed E-state index contributed by atoms with van der Waals surface area (Å²) in [4.78, 5) is 2.32. The molecule has 0 aromatic heterocycles. The fourth-order valence-electron chi connectivity index (χ4n) is 3.23. The Balaban J connectivity index is 1.71. The lowest BCUT2D eigenvalue weighted by atomic mass is 10.1. The first-order valence-corrected chi connectivity index (χ1v) is 13.7. The Bertz CT molecular complexity index is 619. The minimum Gasteiger partial charge on any atom is -0.348 e. The third kappa shape index (κ3) is 11.1. The molecule has 0 heterocycles. The van der Waals surface area contributed by atoms with Gasteiger partial charge in [0.2, 0.25) is 0 Å². The maximum Gasteiger partial charge on any atom is 0.147 e. The summed E-state index contributed by atoms with van der Waals surface area (Å²) in [5.74, 6) is 1.18. The van der Waals surface area contributed by atoms with Gasteiger partial charge in [-0.2, -0.15) is 0 Å². The van der Waals surface area contributed by atoms with E-state index in [1.165, 1.54) is 68.2 Å². The lowest BCUT2D eigenvalue weighted by Gasteiger charge is -2.25. The Kier molecular flexibility index (Phi) is 13.3. The molecule has 0 N–H and O–H groups in total. The summed E-state index contributed by atoms with van der Waals surface area (Å²) < 4.78 is 0.988. The lowest BCUT2D eigenvalue weighted by Crippen LogP contribution is -2.26. The Labute approximate surface area is 191 Å². The average Bonchev–Trinajstić information content (AvgIpc) is 2.76. The standard InChI is InChI=1S/C25H35NS3/c1-2-3-4-5-6-7-8-15-20-28-29-25(27)26(21-23-16-11-9-12-17-23)22-24-18-13-10-14-19-24/h9-14,16-19H,2-8,15,20-22H2,1H3. The van der Waals surface area contributed by atoms with Crippen LogP contribution in [0.5, 0.6) is 0 Å². The summed E-state index contributed by atoms with van der Waals surface area (Å²) in [5, 5.41) is 0. The molecule has 158 valence electrons. The van der Waals surface area contributed by atoms with E-state index in [0.29, 0.717) is 0 Å². The van der Waals surface area contributed by atoms with Gasteiger partial charge in [-0.05, 0) is 28.3 Å². The largest absolute Gasteiger partial charge is 0.348 e. The SMILES string of the molecule is CCCCCCCCCCSSC(=S)N(Cc1ccccc1)Cc1ccccc1. The van der Waals surface area contributed by atoms with E-state index in [1.807, 2.05) is 10.8 Å². The van der Waals surface area contributed by atoms with Crippen molar-refractivity contribution in [1.29, 1.82) is 0 Å². The van der Waals surface area contributed by atoms with Gasteiger partial charge in [-0.25, -0.2) is 0 Å². The van der Waals surface area contributed by atoms with Crippen molar-refractivity contribution < 1.29 is 0 Å². The number of hydrogen-bond acceptors (Lipinski definition) is 3. The van der Waals surface area contributed by atoms with E-state index in [0.717, 1.165) is 17.4 Å². The highest BCUT2D eigenvalue weighted by molar-refractivity contribution is 8.83. The van der Waals surface area contributed by atoms with Gasteiger partial charge >= 0.3 is 0 Å². The predicted octanol–water partition coefficient (Wildman–Crippen LogP) is 8.50. The van der Waals surface area contributed by atoms with Crippen molar-refractivity contribution in [2.75, 3.05) is 5.75 Å². The highest BCUT2D eigenvalue weighted by atomic mass is 33.1. The van der Waals surface area contributed by atoms with Crippen LogP contribution in [-0.2, 0) is 13.1 Å². The van der Waals surface area contributed by atoms with Crippen molar-refractivity contribution in [2.24, 2.45) is 0 Å². The number of nitrogens with zero attached hydrogens (tertiary/aromatic N) is 1. The average molecular weight is 446 g/mol. The second kappa shape index (κ2) is 15.8. The zero-order valence-electron chi connectivity index (χ0n) is 17.7. The van der Waals surface area contributed by atoms with Crippen molar-refractivity contribution in [2.45, 2.75) is 71.4 Å². The number of unbranched alkanes of at least 4 members (excludes halogenated alkanes) is 7. The molecule has 0 bridgehead atoms. The molecule has 1 nitrogen and oxygen atoms in total. The van der Waals surface area contributed by atoms with Crippen LogP contribution in [-0.4, -0.2) is 15.0 Å². The summed E-state index contributed by atoms with van der Waals surface area (Å²) in [5.41, 5.74) is 2.61. The lowest BCUT2D eigenvalue weighted by molar-refractivity contribution is 0.421. The first kappa shape index (κ1) is 24.3. The molecule has 2 aromatic carbocycles. The molecule has 0 radical (unpaired) electrons. The van der Waals surface area contributed by atoms with Crippen LogP contribution in [0.1, 0.15) is 69.4 Å². The minimum absolute atomic E-state index is 0.861. The Morgan fingerprint density at radius 3 is 1.72 bits per heavy atom. The molecule has 2 aromatic rings. The van der Waals surface area contributed by atoms with Crippen molar-refractivity contribution in [3.05, 3.63) is 71.8 Å². The maximum atomic E-state index is 5.80. The first-order valence-electron chi connectivity index (χ1n) is 11.0. The number of benzene rings is 2. The van der Waals surface area contributed by atoms with E-state index < -0.39 is 0 Å². The Morgan fingerprint density at radius 1 is 0.724 bits per heavy atom. The molecule has 4 heteroatoms. The van der Waals surface area contributed by atoms with Crippen molar-refractivity contribution >= 4 is 38.1 Å². The minimum atomic E-state index is 0.861. The van der Waals surface area contributed by atoms with E-state index >= 15 is 0 Å². The van der Waals surface area contributed by atoms with Crippen LogP contribution in [0, 0.1) is 0 Å². The molecule has 2 rings (SSSR count). The molecule has 0 atom stereocenters. The van der Waals surface area contributed by atoms with E-state index in [-0.39, 0.29) is 0 Å². The zero-order valence-corrected chi connectivity index (χ0v) is 20.2. The molecule has 0 amide bonds. The van der Waals surface area contributed by atoms with Gasteiger partial charge in [0.15, 0.2) is 0 Å². The molecule has 0 saturated heterocycles. The van der Waals surface area contributed by atoms with Gasteiger partial charge in [-0.1, -0.05) is 136 Å². The Hall–Kier alpha value is -0.970. The quantitative estimate of drug-likeness (QED) is 0.163. The molecular weight excluding hydrogens is 410 g/mol.